The van der Waals surface area contributed by atoms with Gasteiger partial charge in [-0.2, -0.15) is 0 Å². The highest BCUT2D eigenvalue weighted by Gasteiger charge is 2.14. The molecule has 0 heterocycles. The molecule has 0 radical (unpaired) electrons. The molecule has 27 heavy (non-hydrogen) atoms. The number of carbonyl (C=O) groups is 2. The van der Waals surface area contributed by atoms with Crippen LogP contribution in [0.5, 0.6) is 0 Å². The molecule has 1 N–H and O–H groups in total. The summed E-state index contributed by atoms with van der Waals surface area (Å²) in [5.41, 5.74) is 5.42. The first-order valence-corrected chi connectivity index (χ1v) is 10.1. The average Bonchev–Trinajstić information content (AvgIpc) is 2.61. The molecule has 0 fully saturated rings. The van der Waals surface area contributed by atoms with Gasteiger partial charge in [-0.15, -0.1) is 11.8 Å². The van der Waals surface area contributed by atoms with Gasteiger partial charge in [0.2, 0.25) is 11.8 Å². The summed E-state index contributed by atoms with van der Waals surface area (Å²) < 4.78 is 0. The van der Waals surface area contributed by atoms with Crippen LogP contribution in [0.15, 0.2) is 41.3 Å². The predicted octanol–water partition coefficient (Wildman–Crippen LogP) is 4.50. The number of hydrogen-bond acceptors (Lipinski definition) is 3. The van der Waals surface area contributed by atoms with Crippen molar-refractivity contribution in [1.29, 1.82) is 0 Å². The summed E-state index contributed by atoms with van der Waals surface area (Å²) in [5.74, 6) is 0.494. The molecular weight excluding hydrogens is 356 g/mol. The third kappa shape index (κ3) is 6.43. The Hall–Kier alpha value is -2.27. The number of thioether (sulfide) groups is 1. The monoisotopic (exact) mass is 384 g/mol. The van der Waals surface area contributed by atoms with Gasteiger partial charge in [0, 0.05) is 29.8 Å². The highest BCUT2D eigenvalue weighted by molar-refractivity contribution is 7.99. The topological polar surface area (TPSA) is 49.4 Å². The average molecular weight is 385 g/mol. The molecule has 0 aliphatic heterocycles. The highest BCUT2D eigenvalue weighted by Crippen LogP contribution is 2.22. The van der Waals surface area contributed by atoms with E-state index in [9.17, 15) is 9.59 Å². The van der Waals surface area contributed by atoms with Crippen LogP contribution >= 0.6 is 11.8 Å². The quantitative estimate of drug-likeness (QED) is 0.715. The third-order valence-corrected chi connectivity index (χ3v) is 5.53. The number of rotatable bonds is 7. The molecule has 4 nitrogen and oxygen atoms in total. The maximum atomic E-state index is 12.3. The molecule has 0 saturated carbocycles. The number of nitrogens with one attached hydrogen (secondary N) is 1. The zero-order valence-electron chi connectivity index (χ0n) is 16.8. The maximum Gasteiger partial charge on any atom is 0.243 e. The number of likely N-dealkylation sites (N-methyl/N-ethyl adjacent to an activating group) is 1. The first-order valence-electron chi connectivity index (χ1n) is 9.07. The van der Waals surface area contributed by atoms with Crippen molar-refractivity contribution in [3.63, 3.8) is 0 Å². The molecule has 144 valence electrons. The molecule has 0 aromatic heterocycles. The molecule has 2 aromatic carbocycles. The summed E-state index contributed by atoms with van der Waals surface area (Å²) in [6.45, 7) is 8.17. The lowest BCUT2D eigenvalue weighted by Crippen LogP contribution is -2.35. The summed E-state index contributed by atoms with van der Waals surface area (Å²) in [6, 6.07) is 12.3. The Balaban J connectivity index is 1.79. The first kappa shape index (κ1) is 21.0. The molecule has 0 aliphatic rings. The zero-order chi connectivity index (χ0) is 20.0. The second-order valence-electron chi connectivity index (χ2n) is 6.96. The van der Waals surface area contributed by atoms with E-state index >= 15 is 0 Å². The van der Waals surface area contributed by atoms with Crippen LogP contribution in [0.25, 0.3) is 0 Å². The van der Waals surface area contributed by atoms with Crippen LogP contribution < -0.4 is 5.32 Å². The predicted molar refractivity (Wildman–Crippen MR) is 113 cm³/mol. The van der Waals surface area contributed by atoms with Gasteiger partial charge in [-0.25, -0.2) is 0 Å². The number of anilines is 1. The van der Waals surface area contributed by atoms with E-state index in [0.717, 1.165) is 16.8 Å². The van der Waals surface area contributed by atoms with Gasteiger partial charge in [-0.1, -0.05) is 18.2 Å². The van der Waals surface area contributed by atoms with Crippen LogP contribution in [0, 0.1) is 27.7 Å². The van der Waals surface area contributed by atoms with E-state index in [1.165, 1.54) is 20.9 Å². The molecular formula is C22H28N2O2S. The molecule has 0 atom stereocenters. The second kappa shape index (κ2) is 9.60. The van der Waals surface area contributed by atoms with Crippen molar-refractivity contribution in [2.24, 2.45) is 0 Å². The Labute approximate surface area is 166 Å². The maximum absolute atomic E-state index is 12.3. The van der Waals surface area contributed by atoms with Crippen LogP contribution in [-0.4, -0.2) is 36.1 Å². The zero-order valence-corrected chi connectivity index (χ0v) is 17.6. The van der Waals surface area contributed by atoms with Gasteiger partial charge in [0.25, 0.3) is 0 Å². The Kier molecular flexibility index (Phi) is 7.48. The Morgan fingerprint density at radius 3 is 2.37 bits per heavy atom. The van der Waals surface area contributed by atoms with Crippen LogP contribution in [0.1, 0.15) is 28.7 Å². The molecule has 2 rings (SSSR count). The van der Waals surface area contributed by atoms with Crippen molar-refractivity contribution >= 4 is 29.3 Å². The van der Waals surface area contributed by atoms with E-state index in [0.29, 0.717) is 12.2 Å². The Morgan fingerprint density at radius 1 is 0.963 bits per heavy atom. The molecule has 2 amide bonds. The second-order valence-corrected chi connectivity index (χ2v) is 8.13. The van der Waals surface area contributed by atoms with Gasteiger partial charge in [-0.3, -0.25) is 9.59 Å². The first-order chi connectivity index (χ1) is 12.8. The highest BCUT2D eigenvalue weighted by atomic mass is 32.2. The van der Waals surface area contributed by atoms with E-state index in [2.05, 4.69) is 37.4 Å². The fraction of sp³-hybridized carbons (Fsp3) is 0.364. The third-order valence-electron chi connectivity index (χ3n) is 4.54. The van der Waals surface area contributed by atoms with Crippen LogP contribution in [-0.2, 0) is 9.59 Å². The number of amides is 2. The minimum atomic E-state index is -0.179. The summed E-state index contributed by atoms with van der Waals surface area (Å²) in [5, 5.41) is 2.89. The number of carbonyl (C=O) groups excluding carboxylic acids is 2. The Bertz CT molecular complexity index is 833. The SMILES string of the molecule is Cc1ccc(C)c(NC(=O)CN(C)C(=O)CCSc2ccc(C)c(C)c2)c1. The van der Waals surface area contributed by atoms with Gasteiger partial charge in [-0.05, 0) is 68.1 Å². The fourth-order valence-electron chi connectivity index (χ4n) is 2.61. The van der Waals surface area contributed by atoms with Crippen molar-refractivity contribution in [2.75, 3.05) is 24.7 Å². The lowest BCUT2D eigenvalue weighted by atomic mass is 10.1. The molecule has 0 spiro atoms. The molecule has 0 unspecified atom stereocenters. The van der Waals surface area contributed by atoms with Crippen LogP contribution in [0.2, 0.25) is 0 Å². The van der Waals surface area contributed by atoms with Crippen molar-refractivity contribution in [2.45, 2.75) is 39.0 Å². The minimum absolute atomic E-state index is 0.0255. The minimum Gasteiger partial charge on any atom is -0.336 e. The summed E-state index contributed by atoms with van der Waals surface area (Å²) >= 11 is 1.67. The Morgan fingerprint density at radius 2 is 1.67 bits per heavy atom. The largest absolute Gasteiger partial charge is 0.336 e. The lowest BCUT2D eigenvalue weighted by molar-refractivity contribution is -0.132. The van der Waals surface area contributed by atoms with E-state index in [4.69, 9.17) is 0 Å². The number of benzene rings is 2. The number of nitrogens with zero attached hydrogens (tertiary/aromatic N) is 1. The van der Waals surface area contributed by atoms with Gasteiger partial charge >= 0.3 is 0 Å². The molecule has 5 heteroatoms. The van der Waals surface area contributed by atoms with Crippen molar-refractivity contribution in [3.8, 4) is 0 Å². The number of aryl methyl sites for hydroxylation is 4. The van der Waals surface area contributed by atoms with E-state index in [-0.39, 0.29) is 18.4 Å². The molecule has 2 aromatic rings. The van der Waals surface area contributed by atoms with Crippen molar-refractivity contribution < 1.29 is 9.59 Å². The van der Waals surface area contributed by atoms with Gasteiger partial charge in [0.05, 0.1) is 6.54 Å². The van der Waals surface area contributed by atoms with Gasteiger partial charge in [0.15, 0.2) is 0 Å². The fourth-order valence-corrected chi connectivity index (χ4v) is 3.55. The molecule has 0 bridgehead atoms. The van der Waals surface area contributed by atoms with Gasteiger partial charge < -0.3 is 10.2 Å². The van der Waals surface area contributed by atoms with Crippen LogP contribution in [0.4, 0.5) is 5.69 Å². The van der Waals surface area contributed by atoms with E-state index in [1.807, 2.05) is 32.0 Å². The van der Waals surface area contributed by atoms with Crippen LogP contribution in [0.3, 0.4) is 0 Å². The molecule has 0 saturated heterocycles. The van der Waals surface area contributed by atoms with E-state index in [1.54, 1.807) is 18.8 Å². The smallest absolute Gasteiger partial charge is 0.243 e. The van der Waals surface area contributed by atoms with E-state index < -0.39 is 0 Å². The summed E-state index contributed by atoms with van der Waals surface area (Å²) in [7, 11) is 1.67. The summed E-state index contributed by atoms with van der Waals surface area (Å²) in [4.78, 5) is 27.2. The van der Waals surface area contributed by atoms with Gasteiger partial charge in [0.1, 0.15) is 0 Å². The normalized spacial score (nSPS) is 10.6. The van der Waals surface area contributed by atoms with Crippen molar-refractivity contribution in [1.82, 2.24) is 4.90 Å². The lowest BCUT2D eigenvalue weighted by Gasteiger charge is -2.17. The standard InChI is InChI=1S/C22H28N2O2S/c1-15-6-7-17(3)20(12-15)23-21(25)14-24(5)22(26)10-11-27-19-9-8-16(2)18(4)13-19/h6-9,12-13H,10-11,14H2,1-5H3,(H,23,25). The number of hydrogen-bond donors (Lipinski definition) is 1. The summed E-state index contributed by atoms with van der Waals surface area (Å²) in [6.07, 6.45) is 0.408. The molecule has 0 aliphatic carbocycles. The van der Waals surface area contributed by atoms with Crippen molar-refractivity contribution in [3.05, 3.63) is 58.7 Å².